The van der Waals surface area contributed by atoms with E-state index in [1.54, 1.807) is 13.8 Å². The molecule has 0 rings (SSSR count). The van der Waals surface area contributed by atoms with E-state index in [0.717, 1.165) is 0 Å². The molecule has 0 fully saturated rings. The fourth-order valence-electron chi connectivity index (χ4n) is 1.20. The summed E-state index contributed by atoms with van der Waals surface area (Å²) in [4.78, 5) is 22.1. The summed E-state index contributed by atoms with van der Waals surface area (Å²) in [5.41, 5.74) is 0. The van der Waals surface area contributed by atoms with Crippen molar-refractivity contribution < 1.29 is 19.1 Å². The molecule has 5 nitrogen and oxygen atoms in total. The zero-order chi connectivity index (χ0) is 12.4. The van der Waals surface area contributed by atoms with Gasteiger partial charge in [-0.3, -0.25) is 9.59 Å². The molecule has 0 aromatic carbocycles. The molecule has 94 valence electrons. The van der Waals surface area contributed by atoms with E-state index in [1.165, 1.54) is 0 Å². The number of rotatable bonds is 8. The van der Waals surface area contributed by atoms with Crippen LogP contribution in [0.3, 0.4) is 0 Å². The average molecular weight is 231 g/mol. The fourth-order valence-corrected chi connectivity index (χ4v) is 1.20. The number of ether oxygens (including phenoxy) is 2. The molecule has 0 aromatic heterocycles. The van der Waals surface area contributed by atoms with Crippen LogP contribution in [0.4, 0.5) is 0 Å². The lowest BCUT2D eigenvalue weighted by Gasteiger charge is -2.12. The van der Waals surface area contributed by atoms with Crippen molar-refractivity contribution in [2.45, 2.75) is 39.7 Å². The Bertz CT molecular complexity index is 218. The SMILES string of the molecule is CCOC(=O)CCNC(C)CC(=O)OCC. The minimum atomic E-state index is -0.224. The third-order valence-electron chi connectivity index (χ3n) is 1.91. The van der Waals surface area contributed by atoms with Gasteiger partial charge >= 0.3 is 11.9 Å². The number of nitrogens with one attached hydrogen (secondary N) is 1. The van der Waals surface area contributed by atoms with Gasteiger partial charge in [0.2, 0.25) is 0 Å². The molecule has 1 unspecified atom stereocenters. The molecule has 1 atom stereocenters. The predicted octanol–water partition coefficient (Wildman–Crippen LogP) is 0.871. The Balaban J connectivity index is 3.53. The molecule has 5 heteroatoms. The van der Waals surface area contributed by atoms with Gasteiger partial charge in [0.15, 0.2) is 0 Å². The molecule has 0 saturated heterocycles. The Hall–Kier alpha value is -1.10. The lowest BCUT2D eigenvalue weighted by atomic mass is 10.2. The largest absolute Gasteiger partial charge is 0.466 e. The number of carbonyl (C=O) groups is 2. The second-order valence-electron chi connectivity index (χ2n) is 3.42. The van der Waals surface area contributed by atoms with E-state index in [-0.39, 0.29) is 18.0 Å². The average Bonchev–Trinajstić information content (AvgIpc) is 2.18. The number of carbonyl (C=O) groups excluding carboxylic acids is 2. The van der Waals surface area contributed by atoms with E-state index in [2.05, 4.69) is 5.32 Å². The normalized spacial score (nSPS) is 11.9. The smallest absolute Gasteiger partial charge is 0.307 e. The lowest BCUT2D eigenvalue weighted by Crippen LogP contribution is -2.31. The third kappa shape index (κ3) is 8.23. The van der Waals surface area contributed by atoms with Gasteiger partial charge < -0.3 is 14.8 Å². The van der Waals surface area contributed by atoms with Crippen molar-refractivity contribution >= 4 is 11.9 Å². The van der Waals surface area contributed by atoms with Gasteiger partial charge in [-0.05, 0) is 20.8 Å². The summed E-state index contributed by atoms with van der Waals surface area (Å²) in [6.45, 7) is 6.73. The van der Waals surface area contributed by atoms with E-state index >= 15 is 0 Å². The van der Waals surface area contributed by atoms with Gasteiger partial charge in [0, 0.05) is 12.6 Å². The second kappa shape index (κ2) is 9.15. The van der Waals surface area contributed by atoms with Crippen molar-refractivity contribution in [3.8, 4) is 0 Å². The highest BCUT2D eigenvalue weighted by atomic mass is 16.5. The van der Waals surface area contributed by atoms with E-state index in [9.17, 15) is 9.59 Å². The van der Waals surface area contributed by atoms with Crippen molar-refractivity contribution in [2.75, 3.05) is 19.8 Å². The molecule has 0 heterocycles. The Kier molecular flexibility index (Phi) is 8.52. The van der Waals surface area contributed by atoms with Gasteiger partial charge in [-0.1, -0.05) is 0 Å². The van der Waals surface area contributed by atoms with E-state index < -0.39 is 0 Å². The van der Waals surface area contributed by atoms with E-state index in [0.29, 0.717) is 32.6 Å². The highest BCUT2D eigenvalue weighted by molar-refractivity contribution is 5.70. The Morgan fingerprint density at radius 2 is 1.69 bits per heavy atom. The molecule has 0 bridgehead atoms. The molecule has 0 amide bonds. The summed E-state index contributed by atoms with van der Waals surface area (Å²) in [5.74, 6) is -0.447. The zero-order valence-corrected chi connectivity index (χ0v) is 10.2. The number of hydrogen-bond acceptors (Lipinski definition) is 5. The summed E-state index contributed by atoms with van der Waals surface area (Å²) in [5, 5.41) is 3.06. The molecule has 0 aliphatic rings. The summed E-state index contributed by atoms with van der Waals surface area (Å²) in [7, 11) is 0. The molecule has 1 N–H and O–H groups in total. The Morgan fingerprint density at radius 3 is 2.25 bits per heavy atom. The molecular formula is C11H21NO4. The van der Waals surface area contributed by atoms with Crippen molar-refractivity contribution in [3.63, 3.8) is 0 Å². The number of hydrogen-bond donors (Lipinski definition) is 1. The first-order chi connectivity index (χ1) is 7.60. The minimum Gasteiger partial charge on any atom is -0.466 e. The van der Waals surface area contributed by atoms with Crippen molar-refractivity contribution in [3.05, 3.63) is 0 Å². The maximum absolute atomic E-state index is 11.1. The Morgan fingerprint density at radius 1 is 1.12 bits per heavy atom. The second-order valence-corrected chi connectivity index (χ2v) is 3.42. The summed E-state index contributed by atoms with van der Waals surface area (Å²) >= 11 is 0. The molecule has 0 spiro atoms. The molecule has 0 radical (unpaired) electrons. The van der Waals surface area contributed by atoms with Gasteiger partial charge in [0.1, 0.15) is 0 Å². The van der Waals surface area contributed by atoms with Crippen molar-refractivity contribution in [1.29, 1.82) is 0 Å². The maximum Gasteiger partial charge on any atom is 0.307 e. The summed E-state index contributed by atoms with van der Waals surface area (Å²) in [6.07, 6.45) is 0.637. The van der Waals surface area contributed by atoms with E-state index in [4.69, 9.17) is 9.47 Å². The monoisotopic (exact) mass is 231 g/mol. The number of esters is 2. The van der Waals surface area contributed by atoms with Crippen LogP contribution in [-0.2, 0) is 19.1 Å². The Labute approximate surface area is 96.5 Å². The molecule has 0 aromatic rings. The highest BCUT2D eigenvalue weighted by Gasteiger charge is 2.09. The van der Waals surface area contributed by atoms with Gasteiger partial charge in [-0.15, -0.1) is 0 Å². The predicted molar refractivity (Wildman–Crippen MR) is 60.0 cm³/mol. The van der Waals surface area contributed by atoms with Crippen LogP contribution >= 0.6 is 0 Å². The molecule has 0 aliphatic carbocycles. The topological polar surface area (TPSA) is 64.6 Å². The van der Waals surface area contributed by atoms with Gasteiger partial charge in [0.25, 0.3) is 0 Å². The van der Waals surface area contributed by atoms with Crippen LogP contribution in [0.1, 0.15) is 33.6 Å². The van der Waals surface area contributed by atoms with Gasteiger partial charge in [-0.25, -0.2) is 0 Å². The molecule has 0 saturated carbocycles. The maximum atomic E-state index is 11.1. The van der Waals surface area contributed by atoms with Crippen molar-refractivity contribution in [2.24, 2.45) is 0 Å². The first-order valence-electron chi connectivity index (χ1n) is 5.64. The first-order valence-corrected chi connectivity index (χ1v) is 5.64. The fraction of sp³-hybridized carbons (Fsp3) is 0.818. The zero-order valence-electron chi connectivity index (χ0n) is 10.2. The quantitative estimate of drug-likeness (QED) is 0.628. The first kappa shape index (κ1) is 14.9. The van der Waals surface area contributed by atoms with Gasteiger partial charge in [0.05, 0.1) is 26.1 Å². The van der Waals surface area contributed by atoms with Crippen LogP contribution in [0.5, 0.6) is 0 Å². The van der Waals surface area contributed by atoms with Crippen LogP contribution in [0.15, 0.2) is 0 Å². The van der Waals surface area contributed by atoms with Crippen molar-refractivity contribution in [1.82, 2.24) is 5.32 Å². The molecule has 16 heavy (non-hydrogen) atoms. The molecule has 0 aliphatic heterocycles. The third-order valence-corrected chi connectivity index (χ3v) is 1.91. The lowest BCUT2D eigenvalue weighted by molar-refractivity contribution is -0.143. The summed E-state index contributed by atoms with van der Waals surface area (Å²) < 4.78 is 9.58. The van der Waals surface area contributed by atoms with Crippen LogP contribution < -0.4 is 5.32 Å². The highest BCUT2D eigenvalue weighted by Crippen LogP contribution is 1.94. The van der Waals surface area contributed by atoms with Crippen LogP contribution in [0.25, 0.3) is 0 Å². The van der Waals surface area contributed by atoms with E-state index in [1.807, 2.05) is 6.92 Å². The van der Waals surface area contributed by atoms with Crippen LogP contribution in [0, 0.1) is 0 Å². The van der Waals surface area contributed by atoms with Gasteiger partial charge in [-0.2, -0.15) is 0 Å². The molecular weight excluding hydrogens is 210 g/mol. The standard InChI is InChI=1S/C11H21NO4/c1-4-15-10(13)6-7-12-9(3)8-11(14)16-5-2/h9,12H,4-8H2,1-3H3. The van der Waals surface area contributed by atoms with Crippen LogP contribution in [0.2, 0.25) is 0 Å². The summed E-state index contributed by atoms with van der Waals surface area (Å²) in [6, 6.07) is 0.00785. The minimum absolute atomic E-state index is 0.00785. The van der Waals surface area contributed by atoms with Crippen LogP contribution in [-0.4, -0.2) is 37.7 Å².